The molecule has 1 amide bonds. The minimum Gasteiger partial charge on any atom is -0.346 e. The lowest BCUT2D eigenvalue weighted by Gasteiger charge is -2.21. The van der Waals surface area contributed by atoms with E-state index in [1.807, 2.05) is 19.1 Å². The fourth-order valence-electron chi connectivity index (χ4n) is 2.36. The van der Waals surface area contributed by atoms with Crippen LogP contribution in [0.2, 0.25) is 5.02 Å². The van der Waals surface area contributed by atoms with Gasteiger partial charge in [-0.25, -0.2) is 8.42 Å². The van der Waals surface area contributed by atoms with Crippen LogP contribution in [0.15, 0.2) is 53.4 Å². The normalized spacial score (nSPS) is 13.0. The summed E-state index contributed by atoms with van der Waals surface area (Å²) in [4.78, 5) is 12.6. The van der Waals surface area contributed by atoms with Gasteiger partial charge in [0.05, 0.1) is 10.9 Å². The molecule has 26 heavy (non-hydrogen) atoms. The van der Waals surface area contributed by atoms with Crippen LogP contribution >= 0.6 is 11.6 Å². The molecule has 1 unspecified atom stereocenters. The van der Waals surface area contributed by atoms with Crippen LogP contribution in [0, 0.1) is 0 Å². The molecule has 7 heteroatoms. The van der Waals surface area contributed by atoms with Crippen molar-refractivity contribution in [1.29, 1.82) is 0 Å². The molecular weight excluding hydrogens is 372 g/mol. The number of sulfonamides is 1. The van der Waals surface area contributed by atoms with Gasteiger partial charge in [0.25, 0.3) is 5.91 Å². The Balaban J connectivity index is 2.14. The number of rotatable bonds is 6. The van der Waals surface area contributed by atoms with E-state index in [4.69, 9.17) is 11.6 Å². The van der Waals surface area contributed by atoms with E-state index in [-0.39, 0.29) is 22.9 Å². The first-order valence-corrected chi connectivity index (χ1v) is 10.1. The molecule has 2 rings (SSSR count). The quantitative estimate of drug-likeness (QED) is 0.808. The molecule has 0 aliphatic heterocycles. The molecule has 0 heterocycles. The number of nitrogens with one attached hydrogen (secondary N) is 1. The Morgan fingerprint density at radius 2 is 1.69 bits per heavy atom. The molecule has 0 aliphatic rings. The van der Waals surface area contributed by atoms with Crippen molar-refractivity contribution in [1.82, 2.24) is 9.62 Å². The molecular formula is C19H23ClN2O3S. The lowest BCUT2D eigenvalue weighted by Crippen LogP contribution is -2.33. The summed E-state index contributed by atoms with van der Waals surface area (Å²) in [6.07, 6.45) is 0. The van der Waals surface area contributed by atoms with Gasteiger partial charge in [0.1, 0.15) is 0 Å². The summed E-state index contributed by atoms with van der Waals surface area (Å²) in [5, 5.41) is 3.49. The van der Waals surface area contributed by atoms with E-state index >= 15 is 0 Å². The lowest BCUT2D eigenvalue weighted by atomic mass is 10.1. The largest absolute Gasteiger partial charge is 0.346 e. The molecule has 1 atom stereocenters. The number of nitrogens with zero attached hydrogens (tertiary/aromatic N) is 1. The Labute approximate surface area is 160 Å². The zero-order valence-electron chi connectivity index (χ0n) is 15.2. The standard InChI is InChI=1S/C19H23ClN2O3S/c1-13(2)22(4)26(24,25)18-10-8-15(9-11-18)19(23)21-14(3)16-6-5-7-17(20)12-16/h5-14H,1-4H3,(H,21,23). The second-order valence-electron chi connectivity index (χ2n) is 6.39. The van der Waals surface area contributed by atoms with Crippen molar-refractivity contribution in [3.05, 3.63) is 64.7 Å². The van der Waals surface area contributed by atoms with Crippen molar-refractivity contribution in [2.75, 3.05) is 7.05 Å². The molecule has 0 bridgehead atoms. The Bertz CT molecular complexity index is 880. The second-order valence-corrected chi connectivity index (χ2v) is 8.82. The van der Waals surface area contributed by atoms with Crippen LogP contribution in [-0.2, 0) is 10.0 Å². The zero-order valence-corrected chi connectivity index (χ0v) is 16.8. The minimum absolute atomic E-state index is 0.151. The third kappa shape index (κ3) is 4.63. The number of halogens is 1. The van der Waals surface area contributed by atoms with Crippen molar-refractivity contribution in [2.24, 2.45) is 0 Å². The van der Waals surface area contributed by atoms with Gasteiger partial charge in [-0.05, 0) is 62.7 Å². The van der Waals surface area contributed by atoms with Gasteiger partial charge < -0.3 is 5.32 Å². The van der Waals surface area contributed by atoms with Crippen LogP contribution in [0.1, 0.15) is 42.7 Å². The molecule has 2 aromatic carbocycles. The molecule has 0 spiro atoms. The smallest absolute Gasteiger partial charge is 0.251 e. The van der Waals surface area contributed by atoms with Gasteiger partial charge in [-0.1, -0.05) is 23.7 Å². The molecule has 140 valence electrons. The van der Waals surface area contributed by atoms with Crippen LogP contribution in [0.4, 0.5) is 0 Å². The van der Waals surface area contributed by atoms with E-state index in [0.29, 0.717) is 10.6 Å². The van der Waals surface area contributed by atoms with Gasteiger partial charge in [0.15, 0.2) is 0 Å². The van der Waals surface area contributed by atoms with E-state index < -0.39 is 10.0 Å². The van der Waals surface area contributed by atoms with Crippen molar-refractivity contribution < 1.29 is 13.2 Å². The molecule has 0 saturated carbocycles. The predicted molar refractivity (Wildman–Crippen MR) is 104 cm³/mol. The number of carbonyl (C=O) groups excluding carboxylic acids is 1. The van der Waals surface area contributed by atoms with Gasteiger partial charge in [0.2, 0.25) is 10.0 Å². The lowest BCUT2D eigenvalue weighted by molar-refractivity contribution is 0.0939. The monoisotopic (exact) mass is 394 g/mol. The minimum atomic E-state index is -3.56. The molecule has 0 fully saturated rings. The highest BCUT2D eigenvalue weighted by molar-refractivity contribution is 7.89. The summed E-state index contributed by atoms with van der Waals surface area (Å²) in [6, 6.07) is 12.8. The summed E-state index contributed by atoms with van der Waals surface area (Å²) in [6.45, 7) is 5.47. The van der Waals surface area contributed by atoms with Gasteiger partial charge in [-0.3, -0.25) is 4.79 Å². The first-order chi connectivity index (χ1) is 12.1. The first-order valence-electron chi connectivity index (χ1n) is 8.27. The van der Waals surface area contributed by atoms with Crippen LogP contribution in [-0.4, -0.2) is 31.7 Å². The molecule has 0 saturated heterocycles. The van der Waals surface area contributed by atoms with Crippen molar-refractivity contribution in [3.63, 3.8) is 0 Å². The Morgan fingerprint density at radius 3 is 2.23 bits per heavy atom. The highest BCUT2D eigenvalue weighted by Gasteiger charge is 2.23. The van der Waals surface area contributed by atoms with Crippen LogP contribution in [0.25, 0.3) is 0 Å². The highest BCUT2D eigenvalue weighted by Crippen LogP contribution is 2.19. The Hall–Kier alpha value is -1.89. The number of amides is 1. The fraction of sp³-hybridized carbons (Fsp3) is 0.316. The SMILES string of the molecule is CC(NC(=O)c1ccc(S(=O)(=O)N(C)C(C)C)cc1)c1cccc(Cl)c1. The van der Waals surface area contributed by atoms with Gasteiger partial charge in [-0.2, -0.15) is 4.31 Å². The molecule has 2 aromatic rings. The van der Waals surface area contributed by atoms with Crippen molar-refractivity contribution in [2.45, 2.75) is 37.8 Å². The summed E-state index contributed by atoms with van der Waals surface area (Å²) in [7, 11) is -2.03. The first kappa shape index (κ1) is 20.4. The van der Waals surface area contributed by atoms with Crippen molar-refractivity contribution >= 4 is 27.5 Å². The molecule has 0 radical (unpaired) electrons. The third-order valence-electron chi connectivity index (χ3n) is 4.22. The van der Waals surface area contributed by atoms with Gasteiger partial charge in [0, 0.05) is 23.7 Å². The maximum Gasteiger partial charge on any atom is 0.251 e. The van der Waals surface area contributed by atoms with E-state index in [9.17, 15) is 13.2 Å². The predicted octanol–water partition coefficient (Wildman–Crippen LogP) is 3.86. The van der Waals surface area contributed by atoms with E-state index in [1.54, 1.807) is 26.0 Å². The Kier molecular flexibility index (Phi) is 6.44. The maximum atomic E-state index is 12.5. The van der Waals surface area contributed by atoms with Crippen LogP contribution < -0.4 is 5.32 Å². The summed E-state index contributed by atoms with van der Waals surface area (Å²) in [5.74, 6) is -0.279. The number of carbonyl (C=O) groups is 1. The highest BCUT2D eigenvalue weighted by atomic mass is 35.5. The summed E-state index contributed by atoms with van der Waals surface area (Å²) in [5.41, 5.74) is 1.29. The molecule has 5 nitrogen and oxygen atoms in total. The number of benzene rings is 2. The summed E-state index contributed by atoms with van der Waals surface area (Å²) >= 11 is 5.98. The van der Waals surface area contributed by atoms with Gasteiger partial charge in [-0.15, -0.1) is 0 Å². The van der Waals surface area contributed by atoms with E-state index in [0.717, 1.165) is 5.56 Å². The maximum absolute atomic E-state index is 12.5. The summed E-state index contributed by atoms with van der Waals surface area (Å²) < 4.78 is 26.2. The average Bonchev–Trinajstić information content (AvgIpc) is 2.60. The average molecular weight is 395 g/mol. The van der Waals surface area contributed by atoms with Crippen LogP contribution in [0.5, 0.6) is 0 Å². The van der Waals surface area contributed by atoms with Gasteiger partial charge >= 0.3 is 0 Å². The number of hydrogen-bond donors (Lipinski definition) is 1. The zero-order chi connectivity index (χ0) is 19.5. The number of hydrogen-bond acceptors (Lipinski definition) is 3. The second kappa shape index (κ2) is 8.20. The molecule has 0 aliphatic carbocycles. The van der Waals surface area contributed by atoms with Crippen molar-refractivity contribution in [3.8, 4) is 0 Å². The van der Waals surface area contributed by atoms with E-state index in [2.05, 4.69) is 5.32 Å². The van der Waals surface area contributed by atoms with Crippen LogP contribution in [0.3, 0.4) is 0 Å². The van der Waals surface area contributed by atoms with E-state index in [1.165, 1.54) is 35.6 Å². The Morgan fingerprint density at radius 1 is 1.08 bits per heavy atom. The fourth-order valence-corrected chi connectivity index (χ4v) is 3.93. The molecule has 0 aromatic heterocycles. The topological polar surface area (TPSA) is 66.5 Å². The third-order valence-corrected chi connectivity index (χ3v) is 6.50. The molecule has 1 N–H and O–H groups in total.